The van der Waals surface area contributed by atoms with Crippen molar-refractivity contribution in [3.8, 4) is 0 Å². The van der Waals surface area contributed by atoms with Crippen molar-refractivity contribution in [3.63, 3.8) is 0 Å². The van der Waals surface area contributed by atoms with Crippen LogP contribution in [-0.4, -0.2) is 35.1 Å². The SMILES string of the molecule is CC(C)C[C@H](NC(=O)[C@H](Cc1ccccc1)Nc1ccccc1)B(O)O. The fraction of sp³-hybridized carbons (Fsp3) is 0.350. The van der Waals surface area contributed by atoms with E-state index in [1.165, 1.54) is 0 Å². The number of benzene rings is 2. The van der Waals surface area contributed by atoms with Gasteiger partial charge >= 0.3 is 7.12 Å². The van der Waals surface area contributed by atoms with Crippen molar-refractivity contribution in [1.82, 2.24) is 5.32 Å². The van der Waals surface area contributed by atoms with Gasteiger partial charge in [-0.3, -0.25) is 4.79 Å². The van der Waals surface area contributed by atoms with Crippen molar-refractivity contribution in [2.75, 3.05) is 5.32 Å². The number of hydrogen-bond acceptors (Lipinski definition) is 4. The molecule has 0 aliphatic rings. The van der Waals surface area contributed by atoms with Crippen LogP contribution in [0.15, 0.2) is 60.7 Å². The van der Waals surface area contributed by atoms with Crippen molar-refractivity contribution in [2.45, 2.75) is 38.7 Å². The molecule has 0 aromatic heterocycles. The molecule has 0 fully saturated rings. The molecule has 4 N–H and O–H groups in total. The lowest BCUT2D eigenvalue weighted by Gasteiger charge is -2.25. The molecule has 26 heavy (non-hydrogen) atoms. The summed E-state index contributed by atoms with van der Waals surface area (Å²) < 4.78 is 0. The number of carbonyl (C=O) groups excluding carboxylic acids is 1. The van der Waals surface area contributed by atoms with Crippen LogP contribution in [0.5, 0.6) is 0 Å². The van der Waals surface area contributed by atoms with Gasteiger partial charge in [-0.25, -0.2) is 0 Å². The molecule has 2 rings (SSSR count). The molecule has 0 aliphatic carbocycles. The van der Waals surface area contributed by atoms with Gasteiger partial charge in [0.15, 0.2) is 0 Å². The van der Waals surface area contributed by atoms with Crippen molar-refractivity contribution in [2.24, 2.45) is 5.92 Å². The second-order valence-corrected chi connectivity index (χ2v) is 6.91. The normalized spacial score (nSPS) is 13.1. The Balaban J connectivity index is 2.14. The monoisotopic (exact) mass is 354 g/mol. The molecule has 2 atom stereocenters. The van der Waals surface area contributed by atoms with Crippen molar-refractivity contribution >= 4 is 18.7 Å². The average Bonchev–Trinajstić information content (AvgIpc) is 2.62. The van der Waals surface area contributed by atoms with Gasteiger partial charge in [0.05, 0.1) is 5.94 Å². The lowest BCUT2D eigenvalue weighted by Crippen LogP contribution is -2.52. The first kappa shape index (κ1) is 20.0. The second-order valence-electron chi connectivity index (χ2n) is 6.91. The summed E-state index contributed by atoms with van der Waals surface area (Å²) in [6.45, 7) is 3.95. The molecule has 1 amide bonds. The van der Waals surface area contributed by atoms with Gasteiger partial charge in [0.1, 0.15) is 6.04 Å². The van der Waals surface area contributed by atoms with Gasteiger partial charge in [-0.1, -0.05) is 62.4 Å². The van der Waals surface area contributed by atoms with Gasteiger partial charge in [0, 0.05) is 12.1 Å². The first-order valence-electron chi connectivity index (χ1n) is 8.97. The number of anilines is 1. The van der Waals surface area contributed by atoms with E-state index in [4.69, 9.17) is 0 Å². The zero-order valence-electron chi connectivity index (χ0n) is 15.3. The number of amides is 1. The molecular formula is C20H27BN2O3. The summed E-state index contributed by atoms with van der Waals surface area (Å²) in [5.74, 6) is -0.716. The van der Waals surface area contributed by atoms with Crippen LogP contribution in [0.4, 0.5) is 5.69 Å². The number of rotatable bonds is 9. The van der Waals surface area contributed by atoms with Crippen LogP contribution in [0, 0.1) is 5.92 Å². The van der Waals surface area contributed by atoms with Crippen LogP contribution in [-0.2, 0) is 11.2 Å². The summed E-state index contributed by atoms with van der Waals surface area (Å²) in [7, 11) is -1.59. The maximum atomic E-state index is 12.9. The van der Waals surface area contributed by atoms with Crippen LogP contribution in [0.25, 0.3) is 0 Å². The molecule has 2 aromatic carbocycles. The fourth-order valence-corrected chi connectivity index (χ4v) is 2.84. The molecule has 0 saturated heterocycles. The van der Waals surface area contributed by atoms with Gasteiger partial charge in [-0.05, 0) is 30.0 Å². The Labute approximate surface area is 155 Å². The third-order valence-corrected chi connectivity index (χ3v) is 4.13. The van der Waals surface area contributed by atoms with Crippen LogP contribution in [0.3, 0.4) is 0 Å². The van der Waals surface area contributed by atoms with Crippen LogP contribution < -0.4 is 10.6 Å². The zero-order valence-corrected chi connectivity index (χ0v) is 15.3. The smallest absolute Gasteiger partial charge is 0.426 e. The number of para-hydroxylation sites is 1. The Hall–Kier alpha value is -2.31. The molecule has 0 bridgehead atoms. The number of nitrogens with one attached hydrogen (secondary N) is 2. The van der Waals surface area contributed by atoms with Crippen LogP contribution >= 0.6 is 0 Å². The predicted octanol–water partition coefficient (Wildman–Crippen LogP) is 2.25. The van der Waals surface area contributed by atoms with Crippen molar-refractivity contribution < 1.29 is 14.8 Å². The number of carbonyl (C=O) groups is 1. The van der Waals surface area contributed by atoms with E-state index in [9.17, 15) is 14.8 Å². The Morgan fingerprint density at radius 3 is 2.12 bits per heavy atom. The Kier molecular flexibility index (Phi) is 7.69. The van der Waals surface area contributed by atoms with Gasteiger partial charge in [0.25, 0.3) is 0 Å². The van der Waals surface area contributed by atoms with Gasteiger partial charge in [-0.2, -0.15) is 0 Å². The van der Waals surface area contributed by atoms with Crippen molar-refractivity contribution in [3.05, 3.63) is 66.2 Å². The van der Waals surface area contributed by atoms with Gasteiger partial charge < -0.3 is 20.7 Å². The summed E-state index contributed by atoms with van der Waals surface area (Å²) >= 11 is 0. The summed E-state index contributed by atoms with van der Waals surface area (Å²) in [6, 6.07) is 18.7. The summed E-state index contributed by atoms with van der Waals surface area (Å²) in [5.41, 5.74) is 1.87. The van der Waals surface area contributed by atoms with E-state index in [1.807, 2.05) is 74.5 Å². The van der Waals surface area contributed by atoms with E-state index in [0.717, 1.165) is 11.3 Å². The zero-order chi connectivity index (χ0) is 18.9. The molecule has 0 aliphatic heterocycles. The van der Waals surface area contributed by atoms with Gasteiger partial charge in [-0.15, -0.1) is 0 Å². The third kappa shape index (κ3) is 6.54. The average molecular weight is 354 g/mol. The van der Waals surface area contributed by atoms with E-state index < -0.39 is 19.1 Å². The van der Waals surface area contributed by atoms with E-state index in [1.54, 1.807) is 0 Å². The van der Waals surface area contributed by atoms with Crippen molar-refractivity contribution in [1.29, 1.82) is 0 Å². The first-order valence-corrected chi connectivity index (χ1v) is 8.97. The maximum Gasteiger partial charge on any atom is 0.475 e. The Morgan fingerprint density at radius 1 is 1.00 bits per heavy atom. The van der Waals surface area contributed by atoms with E-state index in [0.29, 0.717) is 12.8 Å². The number of hydrogen-bond donors (Lipinski definition) is 4. The largest absolute Gasteiger partial charge is 0.475 e. The summed E-state index contributed by atoms with van der Waals surface area (Å²) in [4.78, 5) is 12.9. The maximum absolute atomic E-state index is 12.9. The molecule has 0 unspecified atom stereocenters. The lowest BCUT2D eigenvalue weighted by molar-refractivity contribution is -0.122. The van der Waals surface area contributed by atoms with E-state index >= 15 is 0 Å². The van der Waals surface area contributed by atoms with Crippen LogP contribution in [0.1, 0.15) is 25.8 Å². The highest BCUT2D eigenvalue weighted by Crippen LogP contribution is 2.13. The fourth-order valence-electron chi connectivity index (χ4n) is 2.84. The molecule has 0 spiro atoms. The Bertz CT molecular complexity index is 624. The molecule has 6 heteroatoms. The Morgan fingerprint density at radius 2 is 1.58 bits per heavy atom. The minimum atomic E-state index is -1.59. The summed E-state index contributed by atoms with van der Waals surface area (Å²) in [5, 5.41) is 25.2. The summed E-state index contributed by atoms with van der Waals surface area (Å²) in [6.07, 6.45) is 0.990. The molecule has 5 nitrogen and oxygen atoms in total. The minimum Gasteiger partial charge on any atom is -0.426 e. The molecule has 138 valence electrons. The molecule has 0 radical (unpaired) electrons. The topological polar surface area (TPSA) is 81.6 Å². The second kappa shape index (κ2) is 9.99. The third-order valence-electron chi connectivity index (χ3n) is 4.13. The highest BCUT2D eigenvalue weighted by molar-refractivity contribution is 6.43. The minimum absolute atomic E-state index is 0.233. The molecule has 0 heterocycles. The highest BCUT2D eigenvalue weighted by atomic mass is 16.4. The van der Waals surface area contributed by atoms with E-state index in [-0.39, 0.29) is 11.8 Å². The quantitative estimate of drug-likeness (QED) is 0.521. The molecule has 2 aromatic rings. The first-order chi connectivity index (χ1) is 12.5. The highest BCUT2D eigenvalue weighted by Gasteiger charge is 2.29. The molecule has 0 saturated carbocycles. The molecular weight excluding hydrogens is 327 g/mol. The van der Waals surface area contributed by atoms with Crippen LogP contribution in [0.2, 0.25) is 0 Å². The van der Waals surface area contributed by atoms with E-state index in [2.05, 4.69) is 10.6 Å². The van der Waals surface area contributed by atoms with Gasteiger partial charge in [0.2, 0.25) is 5.91 Å². The standard InChI is InChI=1S/C20H27BN2O3/c1-15(2)13-19(21(25)26)23-20(24)18(14-16-9-5-3-6-10-16)22-17-11-7-4-8-12-17/h3-12,15,18-19,22,25-26H,13-14H2,1-2H3,(H,23,24)/t18-,19-/m0/s1. The predicted molar refractivity (Wildman–Crippen MR) is 106 cm³/mol. The lowest BCUT2D eigenvalue weighted by atomic mass is 9.75.